The predicted molar refractivity (Wildman–Crippen MR) is 121 cm³/mol. The van der Waals surface area contributed by atoms with Crippen LogP contribution in [-0.2, 0) is 23.3 Å². The number of hydrogen-bond acceptors (Lipinski definition) is 10. The molecule has 2 atom stereocenters. The average molecular weight is 514 g/mol. The molecule has 172 valence electrons. The molecule has 29 heavy (non-hydrogen) atoms. The van der Waals surface area contributed by atoms with Crippen LogP contribution in [-0.4, -0.2) is 64.9 Å². The van der Waals surface area contributed by atoms with Crippen molar-refractivity contribution in [3.8, 4) is 0 Å². The molecule has 2 heterocycles. The monoisotopic (exact) mass is 513 g/mol. The maximum Gasteiger partial charge on any atom is 0.280 e. The first-order valence-electron chi connectivity index (χ1n) is 9.55. The number of nitrogens with one attached hydrogen (secondary N) is 2. The van der Waals surface area contributed by atoms with Gasteiger partial charge in [0.15, 0.2) is 0 Å². The number of halogens is 2. The van der Waals surface area contributed by atoms with Crippen LogP contribution in [0.3, 0.4) is 0 Å². The molecule has 2 bridgehead atoms. The van der Waals surface area contributed by atoms with Crippen molar-refractivity contribution in [2.75, 3.05) is 52.9 Å². The molecule has 15 heteroatoms. The summed E-state index contributed by atoms with van der Waals surface area (Å²) in [6.07, 6.45) is 0. The van der Waals surface area contributed by atoms with Crippen molar-refractivity contribution < 1.29 is 23.3 Å². The summed E-state index contributed by atoms with van der Waals surface area (Å²) in [5.41, 5.74) is 0. The molecule has 0 aromatic carbocycles. The fraction of sp³-hybridized carbons (Fsp3) is 1.00. The van der Waals surface area contributed by atoms with Crippen LogP contribution in [0.1, 0.15) is 27.7 Å². The average Bonchev–Trinajstić information content (AvgIpc) is 2.55. The quantitative estimate of drug-likeness (QED) is 0.484. The summed E-state index contributed by atoms with van der Waals surface area (Å²) in [6.45, 7) is 11.1. The molecule has 2 aliphatic heterocycles. The van der Waals surface area contributed by atoms with Crippen LogP contribution in [0.5, 0.6) is 0 Å². The lowest BCUT2D eigenvalue weighted by molar-refractivity contribution is 0.00530. The third kappa shape index (κ3) is 9.56. The number of hydrogen-bond donors (Lipinski definition) is 2. The Hall–Kier alpha value is 0.990. The standard InChI is InChI=1S/C14H32Cl2N5O5P3/c1-13(2)17-28-19-27(15,16)20-29(21-28,18-14(3)4)26-12-10-24-8-6-22-5-7-23-9-11-25-28/h13-14,17-18H,5-12H2,1-4H3. The van der Waals surface area contributed by atoms with Gasteiger partial charge < -0.3 is 23.3 Å². The highest BCUT2D eigenvalue weighted by atomic mass is 35.9. The van der Waals surface area contributed by atoms with E-state index in [1.807, 2.05) is 27.7 Å². The van der Waals surface area contributed by atoms with E-state index >= 15 is 0 Å². The van der Waals surface area contributed by atoms with Crippen molar-refractivity contribution in [3.05, 3.63) is 0 Å². The van der Waals surface area contributed by atoms with Crippen molar-refractivity contribution in [1.82, 2.24) is 10.2 Å². The van der Waals surface area contributed by atoms with Crippen LogP contribution in [0, 0.1) is 0 Å². The van der Waals surface area contributed by atoms with Gasteiger partial charge in [-0.15, -0.1) is 0 Å². The summed E-state index contributed by atoms with van der Waals surface area (Å²) in [7, 11) is -5.87. The minimum absolute atomic E-state index is 0.0338. The largest absolute Gasteiger partial charge is 0.377 e. The summed E-state index contributed by atoms with van der Waals surface area (Å²) in [5.74, 6) is -3.08. The van der Waals surface area contributed by atoms with Gasteiger partial charge in [-0.25, -0.2) is 10.2 Å². The van der Waals surface area contributed by atoms with Crippen LogP contribution < -0.4 is 10.2 Å². The van der Waals surface area contributed by atoms with Gasteiger partial charge in [0.2, 0.25) is 0 Å². The molecule has 0 aromatic heterocycles. The molecule has 10 nitrogen and oxygen atoms in total. The van der Waals surface area contributed by atoms with E-state index in [0.29, 0.717) is 39.6 Å². The van der Waals surface area contributed by atoms with Gasteiger partial charge in [0.25, 0.3) is 21.1 Å². The Morgan fingerprint density at radius 3 is 1.41 bits per heavy atom. The highest BCUT2D eigenvalue weighted by Crippen LogP contribution is 2.80. The van der Waals surface area contributed by atoms with E-state index in [9.17, 15) is 0 Å². The van der Waals surface area contributed by atoms with Gasteiger partial charge in [0.05, 0.1) is 52.9 Å². The molecule has 0 spiro atoms. The molecule has 0 aromatic rings. The Kier molecular flexibility index (Phi) is 11.1. The summed E-state index contributed by atoms with van der Waals surface area (Å²) >= 11 is 13.1. The lowest BCUT2D eigenvalue weighted by Crippen LogP contribution is -2.25. The second kappa shape index (κ2) is 12.3. The number of rotatable bonds is 4. The van der Waals surface area contributed by atoms with E-state index in [-0.39, 0.29) is 25.3 Å². The van der Waals surface area contributed by atoms with Gasteiger partial charge in [0, 0.05) is 12.1 Å². The Morgan fingerprint density at radius 1 is 0.621 bits per heavy atom. The van der Waals surface area contributed by atoms with Crippen LogP contribution in [0.25, 0.3) is 0 Å². The first-order chi connectivity index (χ1) is 13.7. The fourth-order valence-electron chi connectivity index (χ4n) is 2.45. The van der Waals surface area contributed by atoms with Gasteiger partial charge in [0.1, 0.15) is 0 Å². The fourth-order valence-corrected chi connectivity index (χ4v) is 14.6. The topological polar surface area (TPSA) is 107 Å². The van der Waals surface area contributed by atoms with Gasteiger partial charge in [-0.05, 0) is 50.2 Å². The zero-order valence-corrected chi connectivity index (χ0v) is 21.5. The maximum absolute atomic E-state index is 6.54. The number of ether oxygens (including phenoxy) is 3. The molecule has 2 rings (SSSR count). The molecular formula is C14H32Cl2N5O5P3. The summed E-state index contributed by atoms with van der Waals surface area (Å²) in [4.78, 5) is 0. The van der Waals surface area contributed by atoms with Crippen molar-refractivity contribution in [3.63, 3.8) is 0 Å². The molecule has 0 fully saturated rings. The SMILES string of the molecule is CC(C)NP12=NP(Cl)(Cl)=NP(NC(C)C)(=N1)OCCOCCOCCOCCO2. The van der Waals surface area contributed by atoms with Crippen molar-refractivity contribution in [2.45, 2.75) is 39.8 Å². The van der Waals surface area contributed by atoms with Crippen molar-refractivity contribution in [1.29, 1.82) is 0 Å². The Balaban J connectivity index is 2.43. The predicted octanol–water partition coefficient (Wildman–Crippen LogP) is 5.41. The van der Waals surface area contributed by atoms with Crippen LogP contribution >= 0.6 is 43.6 Å². The van der Waals surface area contributed by atoms with E-state index in [1.165, 1.54) is 0 Å². The molecule has 0 saturated carbocycles. The van der Waals surface area contributed by atoms with Gasteiger partial charge in [-0.2, -0.15) is 13.5 Å². The zero-order chi connectivity index (χ0) is 21.4. The van der Waals surface area contributed by atoms with Gasteiger partial charge in [-0.1, -0.05) is 0 Å². The minimum Gasteiger partial charge on any atom is -0.377 e. The Morgan fingerprint density at radius 2 is 1.00 bits per heavy atom. The zero-order valence-electron chi connectivity index (χ0n) is 17.3. The molecule has 0 saturated heterocycles. The van der Waals surface area contributed by atoms with Crippen molar-refractivity contribution >= 4 is 43.6 Å². The number of fused-ring (bicyclic) bond motifs is 1. The lowest BCUT2D eigenvalue weighted by Gasteiger charge is -2.33. The lowest BCUT2D eigenvalue weighted by atomic mass is 10.4. The molecule has 2 unspecified atom stereocenters. The second-order valence-electron chi connectivity index (χ2n) is 6.88. The summed E-state index contributed by atoms with van der Waals surface area (Å²) in [5, 5.41) is 6.67. The van der Waals surface area contributed by atoms with E-state index in [4.69, 9.17) is 50.3 Å². The van der Waals surface area contributed by atoms with Crippen molar-refractivity contribution in [2.24, 2.45) is 13.5 Å². The van der Waals surface area contributed by atoms with Crippen LogP contribution in [0.4, 0.5) is 0 Å². The summed E-state index contributed by atoms with van der Waals surface area (Å²) in [6, 6.07) is 0.0675. The molecule has 0 aliphatic carbocycles. The first-order valence-corrected chi connectivity index (χ1v) is 16.3. The maximum atomic E-state index is 6.54. The van der Waals surface area contributed by atoms with E-state index < -0.39 is 21.1 Å². The van der Waals surface area contributed by atoms with E-state index in [1.54, 1.807) is 0 Å². The normalized spacial score (nSPS) is 32.3. The van der Waals surface area contributed by atoms with E-state index in [2.05, 4.69) is 19.2 Å². The van der Waals surface area contributed by atoms with Gasteiger partial charge >= 0.3 is 0 Å². The molecule has 0 amide bonds. The number of nitrogens with zero attached hydrogens (tertiary/aromatic N) is 3. The molecular weight excluding hydrogens is 482 g/mol. The molecule has 0 radical (unpaired) electrons. The highest BCUT2D eigenvalue weighted by molar-refractivity contribution is 8.13. The minimum atomic E-state index is -3.08. The highest BCUT2D eigenvalue weighted by Gasteiger charge is 2.38. The van der Waals surface area contributed by atoms with Crippen LogP contribution in [0.2, 0.25) is 0 Å². The smallest absolute Gasteiger partial charge is 0.280 e. The Bertz CT molecular complexity index is 661. The first kappa shape index (κ1) is 26.2. The third-order valence-electron chi connectivity index (χ3n) is 3.29. The van der Waals surface area contributed by atoms with Gasteiger partial charge in [-0.3, -0.25) is 0 Å². The summed E-state index contributed by atoms with van der Waals surface area (Å²) < 4.78 is 42.8. The molecule has 2 N–H and O–H groups in total. The molecule has 2 aliphatic rings. The van der Waals surface area contributed by atoms with E-state index in [0.717, 1.165) is 0 Å². The van der Waals surface area contributed by atoms with Crippen LogP contribution in [0.15, 0.2) is 13.5 Å². The Labute approximate surface area is 183 Å². The third-order valence-corrected chi connectivity index (χ3v) is 14.1. The second-order valence-corrected chi connectivity index (χ2v) is 16.5.